The molecule has 1 saturated heterocycles. The molecule has 25 heavy (non-hydrogen) atoms. The van der Waals surface area contributed by atoms with Gasteiger partial charge < -0.3 is 21.3 Å². The van der Waals surface area contributed by atoms with Gasteiger partial charge in [-0.05, 0) is 44.2 Å². The minimum atomic E-state index is -0.0748. The van der Waals surface area contributed by atoms with E-state index in [0.29, 0.717) is 13.1 Å². The van der Waals surface area contributed by atoms with Gasteiger partial charge in [0.05, 0.1) is 0 Å². The molecule has 1 aliphatic carbocycles. The van der Waals surface area contributed by atoms with Gasteiger partial charge in [0.2, 0.25) is 5.91 Å². The molecule has 3 rings (SSSR count). The van der Waals surface area contributed by atoms with Crippen molar-refractivity contribution in [2.75, 3.05) is 18.4 Å². The fourth-order valence-electron chi connectivity index (χ4n) is 3.74. The molecule has 2 fully saturated rings. The molecule has 2 unspecified atom stereocenters. The van der Waals surface area contributed by atoms with Gasteiger partial charge in [0.25, 0.3) is 0 Å². The van der Waals surface area contributed by atoms with Crippen molar-refractivity contribution >= 4 is 17.6 Å². The van der Waals surface area contributed by atoms with E-state index in [9.17, 15) is 9.59 Å². The number of hydrogen-bond acceptors (Lipinski definition) is 3. The first-order chi connectivity index (χ1) is 12.1. The van der Waals surface area contributed by atoms with Gasteiger partial charge in [0, 0.05) is 36.8 Å². The number of nitrogens with zero attached hydrogens (tertiary/aromatic N) is 1. The highest BCUT2D eigenvalue weighted by Crippen LogP contribution is 2.24. The zero-order valence-corrected chi connectivity index (χ0v) is 14.6. The average Bonchev–Trinajstić information content (AvgIpc) is 2.63. The molecule has 0 spiro atoms. The van der Waals surface area contributed by atoms with Gasteiger partial charge in [-0.3, -0.25) is 4.79 Å². The van der Waals surface area contributed by atoms with E-state index >= 15 is 0 Å². The molecule has 1 aromatic rings. The number of para-hydroxylation sites is 1. The number of benzene rings is 1. The Bertz CT molecular complexity index is 584. The Morgan fingerprint density at radius 1 is 1.04 bits per heavy atom. The summed E-state index contributed by atoms with van der Waals surface area (Å²) in [5.41, 5.74) is 6.78. The van der Waals surface area contributed by atoms with Crippen LogP contribution in [0.1, 0.15) is 38.5 Å². The molecular weight excluding hydrogens is 316 g/mol. The van der Waals surface area contributed by atoms with Crippen molar-refractivity contribution in [3.8, 4) is 0 Å². The highest BCUT2D eigenvalue weighted by Gasteiger charge is 2.29. The first kappa shape index (κ1) is 17.7. The summed E-state index contributed by atoms with van der Waals surface area (Å²) in [6.07, 6.45) is 5.40. The summed E-state index contributed by atoms with van der Waals surface area (Å²) >= 11 is 0. The lowest BCUT2D eigenvalue weighted by molar-refractivity contribution is -0.127. The van der Waals surface area contributed by atoms with Crippen molar-refractivity contribution < 1.29 is 9.59 Å². The lowest BCUT2D eigenvalue weighted by atomic mass is 9.85. The van der Waals surface area contributed by atoms with Crippen LogP contribution in [0.5, 0.6) is 0 Å². The van der Waals surface area contributed by atoms with E-state index in [0.717, 1.165) is 44.2 Å². The topological polar surface area (TPSA) is 87.5 Å². The molecular formula is C19H28N4O2. The number of anilines is 1. The molecule has 136 valence electrons. The minimum absolute atomic E-state index is 0.0585. The van der Waals surface area contributed by atoms with Gasteiger partial charge >= 0.3 is 6.03 Å². The van der Waals surface area contributed by atoms with E-state index in [1.807, 2.05) is 35.2 Å². The van der Waals surface area contributed by atoms with Gasteiger partial charge in [-0.1, -0.05) is 24.6 Å². The number of hydrogen-bond donors (Lipinski definition) is 3. The van der Waals surface area contributed by atoms with Crippen molar-refractivity contribution in [3.63, 3.8) is 0 Å². The monoisotopic (exact) mass is 344 g/mol. The number of likely N-dealkylation sites (tertiary alicyclic amines) is 1. The van der Waals surface area contributed by atoms with E-state index in [2.05, 4.69) is 10.6 Å². The number of amides is 3. The molecule has 2 atom stereocenters. The van der Waals surface area contributed by atoms with Crippen LogP contribution in [0.15, 0.2) is 30.3 Å². The third-order valence-electron chi connectivity index (χ3n) is 5.24. The van der Waals surface area contributed by atoms with Crippen molar-refractivity contribution in [3.05, 3.63) is 30.3 Å². The molecule has 0 radical (unpaired) electrons. The summed E-state index contributed by atoms with van der Waals surface area (Å²) in [5, 5.41) is 6.07. The summed E-state index contributed by atoms with van der Waals surface area (Å²) in [7, 11) is 0. The molecule has 0 aromatic heterocycles. The van der Waals surface area contributed by atoms with E-state index in [1.165, 1.54) is 0 Å². The SMILES string of the molecule is NC1CCCC(C(=O)NC2CCN(C(=O)Nc3ccccc3)CC2)C1. The fraction of sp³-hybridized carbons (Fsp3) is 0.579. The van der Waals surface area contributed by atoms with Crippen LogP contribution in [0.25, 0.3) is 0 Å². The zero-order valence-electron chi connectivity index (χ0n) is 14.6. The van der Waals surface area contributed by atoms with Crippen LogP contribution in [0.3, 0.4) is 0 Å². The largest absolute Gasteiger partial charge is 0.353 e. The van der Waals surface area contributed by atoms with Crippen molar-refractivity contribution in [2.24, 2.45) is 11.7 Å². The van der Waals surface area contributed by atoms with E-state index in [-0.39, 0.29) is 29.9 Å². The van der Waals surface area contributed by atoms with Crippen LogP contribution in [0, 0.1) is 5.92 Å². The molecule has 1 aliphatic heterocycles. The second kappa shape index (κ2) is 8.34. The molecule has 1 heterocycles. The van der Waals surface area contributed by atoms with E-state index in [4.69, 9.17) is 5.73 Å². The van der Waals surface area contributed by atoms with Crippen LogP contribution in [0.2, 0.25) is 0 Å². The maximum atomic E-state index is 12.4. The van der Waals surface area contributed by atoms with Gasteiger partial charge in [0.1, 0.15) is 0 Å². The van der Waals surface area contributed by atoms with Crippen LogP contribution in [-0.2, 0) is 4.79 Å². The fourth-order valence-corrected chi connectivity index (χ4v) is 3.74. The highest BCUT2D eigenvalue weighted by atomic mass is 16.2. The highest BCUT2D eigenvalue weighted by molar-refractivity contribution is 5.89. The number of piperidine rings is 1. The molecule has 6 heteroatoms. The summed E-state index contributed by atoms with van der Waals surface area (Å²) in [6, 6.07) is 9.71. The second-order valence-corrected chi connectivity index (χ2v) is 7.19. The van der Waals surface area contributed by atoms with E-state index in [1.54, 1.807) is 0 Å². The molecule has 1 saturated carbocycles. The Labute approximate surface area is 149 Å². The van der Waals surface area contributed by atoms with Gasteiger partial charge in [0.15, 0.2) is 0 Å². The van der Waals surface area contributed by atoms with Gasteiger partial charge in [-0.2, -0.15) is 0 Å². The Morgan fingerprint density at radius 3 is 2.44 bits per heavy atom. The third-order valence-corrected chi connectivity index (χ3v) is 5.24. The smallest absolute Gasteiger partial charge is 0.321 e. The zero-order chi connectivity index (χ0) is 17.6. The number of rotatable bonds is 3. The number of carbonyl (C=O) groups is 2. The average molecular weight is 344 g/mol. The van der Waals surface area contributed by atoms with Crippen LogP contribution < -0.4 is 16.4 Å². The standard InChI is InChI=1S/C19H28N4O2/c20-15-6-4-5-14(13-15)18(24)21-17-9-11-23(12-10-17)19(25)22-16-7-2-1-3-8-16/h1-3,7-8,14-15,17H,4-6,9-13,20H2,(H,21,24)(H,22,25). The summed E-state index contributed by atoms with van der Waals surface area (Å²) in [6.45, 7) is 1.32. The lowest BCUT2D eigenvalue weighted by Crippen LogP contribution is -2.49. The maximum Gasteiger partial charge on any atom is 0.321 e. The summed E-state index contributed by atoms with van der Waals surface area (Å²) in [4.78, 5) is 26.5. The molecule has 4 N–H and O–H groups in total. The van der Waals surface area contributed by atoms with Crippen molar-refractivity contribution in [1.82, 2.24) is 10.2 Å². The van der Waals surface area contributed by atoms with Crippen LogP contribution in [-0.4, -0.2) is 42.0 Å². The predicted octanol–water partition coefficient (Wildman–Crippen LogP) is 2.32. The van der Waals surface area contributed by atoms with Gasteiger partial charge in [-0.15, -0.1) is 0 Å². The normalized spacial score (nSPS) is 24.6. The first-order valence-electron chi connectivity index (χ1n) is 9.29. The van der Waals surface area contributed by atoms with E-state index < -0.39 is 0 Å². The summed E-state index contributed by atoms with van der Waals surface area (Å²) < 4.78 is 0. The Hall–Kier alpha value is -2.08. The minimum Gasteiger partial charge on any atom is -0.353 e. The van der Waals surface area contributed by atoms with Crippen LogP contribution >= 0.6 is 0 Å². The third kappa shape index (κ3) is 4.95. The van der Waals surface area contributed by atoms with Gasteiger partial charge in [-0.25, -0.2) is 4.79 Å². The van der Waals surface area contributed by atoms with Crippen molar-refractivity contribution in [1.29, 1.82) is 0 Å². The Balaban J connectivity index is 1.42. The lowest BCUT2D eigenvalue weighted by Gasteiger charge is -2.34. The molecule has 2 aliphatic rings. The predicted molar refractivity (Wildman–Crippen MR) is 98.1 cm³/mol. The Kier molecular flexibility index (Phi) is 5.91. The summed E-state index contributed by atoms with van der Waals surface area (Å²) in [5.74, 6) is 0.200. The van der Waals surface area contributed by atoms with Crippen molar-refractivity contribution in [2.45, 2.75) is 50.6 Å². The maximum absolute atomic E-state index is 12.4. The number of nitrogens with one attached hydrogen (secondary N) is 2. The van der Waals surface area contributed by atoms with Crippen LogP contribution in [0.4, 0.5) is 10.5 Å². The molecule has 1 aromatic carbocycles. The number of nitrogens with two attached hydrogens (primary N) is 1. The molecule has 0 bridgehead atoms. The Morgan fingerprint density at radius 2 is 1.76 bits per heavy atom. The molecule has 6 nitrogen and oxygen atoms in total. The second-order valence-electron chi connectivity index (χ2n) is 7.19. The first-order valence-corrected chi connectivity index (χ1v) is 9.29. The number of carbonyl (C=O) groups excluding carboxylic acids is 2. The number of urea groups is 1. The quantitative estimate of drug-likeness (QED) is 0.786. The molecule has 3 amide bonds.